The number of hydrogen-bond acceptors (Lipinski definition) is 3. The highest BCUT2D eigenvalue weighted by atomic mass is 32.1. The first-order valence-electron chi connectivity index (χ1n) is 1.57. The predicted octanol–water partition coefficient (Wildman–Crippen LogP) is -0.233. The average molecular weight is 102 g/mol. The first-order valence-corrected chi connectivity index (χ1v) is 2.20. The zero-order valence-corrected chi connectivity index (χ0v) is 4.15. The van der Waals surface area contributed by atoms with Gasteiger partial charge in [0.1, 0.15) is 6.04 Å². The molecule has 0 aliphatic rings. The van der Waals surface area contributed by atoms with Crippen LogP contribution in [0.2, 0.25) is 0 Å². The van der Waals surface area contributed by atoms with E-state index in [2.05, 4.69) is 12.6 Å². The number of nitrogens with two attached hydrogens (primary N) is 1. The van der Waals surface area contributed by atoms with Gasteiger partial charge in [0.05, 0.1) is 6.07 Å². The van der Waals surface area contributed by atoms with Crippen molar-refractivity contribution in [3.63, 3.8) is 0 Å². The molecule has 0 fully saturated rings. The number of hydrogen-bond donors (Lipinski definition) is 2. The van der Waals surface area contributed by atoms with Gasteiger partial charge in [-0.2, -0.15) is 17.9 Å². The molecule has 0 saturated heterocycles. The fourth-order valence-corrected chi connectivity index (χ4v) is 0.122. The molecule has 0 aliphatic heterocycles. The Morgan fingerprint density at radius 2 is 2.50 bits per heavy atom. The van der Waals surface area contributed by atoms with E-state index >= 15 is 0 Å². The third-order valence-electron chi connectivity index (χ3n) is 0.363. The third kappa shape index (κ3) is 2.06. The van der Waals surface area contributed by atoms with E-state index in [4.69, 9.17) is 11.0 Å². The molecular weight excluding hydrogens is 96.1 g/mol. The lowest BCUT2D eigenvalue weighted by Gasteiger charge is -1.87. The van der Waals surface area contributed by atoms with Crippen LogP contribution in [0, 0.1) is 11.3 Å². The van der Waals surface area contributed by atoms with Crippen LogP contribution in [0.1, 0.15) is 0 Å². The van der Waals surface area contributed by atoms with Gasteiger partial charge in [-0.05, 0) is 0 Å². The monoisotopic (exact) mass is 102 g/mol. The molecule has 0 aromatic carbocycles. The smallest absolute Gasteiger partial charge is 0.102 e. The molecule has 0 unspecified atom stereocenters. The van der Waals surface area contributed by atoms with E-state index in [0.29, 0.717) is 5.75 Å². The second-order valence-electron chi connectivity index (χ2n) is 0.918. The molecule has 2 nitrogen and oxygen atoms in total. The summed E-state index contributed by atoms with van der Waals surface area (Å²) >= 11 is 3.75. The fraction of sp³-hybridized carbons (Fsp3) is 0.667. The average Bonchev–Trinajstić information content (AvgIpc) is 1.65. The topological polar surface area (TPSA) is 49.8 Å². The van der Waals surface area contributed by atoms with E-state index in [0.717, 1.165) is 0 Å². The summed E-state index contributed by atoms with van der Waals surface area (Å²) in [5, 5.41) is 7.91. The van der Waals surface area contributed by atoms with Crippen molar-refractivity contribution >= 4 is 12.6 Å². The molecule has 0 spiro atoms. The Bertz CT molecular complexity index is 65.7. The Morgan fingerprint density at radius 1 is 2.00 bits per heavy atom. The van der Waals surface area contributed by atoms with Crippen LogP contribution >= 0.6 is 12.6 Å². The lowest BCUT2D eigenvalue weighted by molar-refractivity contribution is 0.958. The molecule has 0 heterocycles. The highest BCUT2D eigenvalue weighted by Gasteiger charge is 1.89. The highest BCUT2D eigenvalue weighted by molar-refractivity contribution is 7.80. The van der Waals surface area contributed by atoms with Gasteiger partial charge >= 0.3 is 0 Å². The zero-order valence-electron chi connectivity index (χ0n) is 3.26. The van der Waals surface area contributed by atoms with Gasteiger partial charge in [0.2, 0.25) is 0 Å². The van der Waals surface area contributed by atoms with E-state index in [-0.39, 0.29) is 0 Å². The van der Waals surface area contributed by atoms with Crippen LogP contribution in [0.3, 0.4) is 0 Å². The largest absolute Gasteiger partial charge is 0.315 e. The van der Waals surface area contributed by atoms with Crippen molar-refractivity contribution in [1.29, 1.82) is 5.26 Å². The van der Waals surface area contributed by atoms with Gasteiger partial charge in [0, 0.05) is 5.75 Å². The van der Waals surface area contributed by atoms with Crippen LogP contribution in [-0.2, 0) is 0 Å². The Labute approximate surface area is 42.4 Å². The van der Waals surface area contributed by atoms with Gasteiger partial charge in [-0.25, -0.2) is 0 Å². The molecule has 2 N–H and O–H groups in total. The van der Waals surface area contributed by atoms with E-state index in [1.807, 2.05) is 6.07 Å². The van der Waals surface area contributed by atoms with Crippen molar-refractivity contribution in [2.45, 2.75) is 6.04 Å². The minimum absolute atomic E-state index is 0.395. The van der Waals surface area contributed by atoms with Gasteiger partial charge in [0.15, 0.2) is 0 Å². The minimum Gasteiger partial charge on any atom is -0.315 e. The standard InChI is InChI=1S/C3H6N2S/c4-1-3(5)2-6/h3,6H,2,5H2/t3-/m1/s1. The Morgan fingerprint density at radius 3 is 2.50 bits per heavy atom. The maximum atomic E-state index is 7.91. The summed E-state index contributed by atoms with van der Waals surface area (Å²) in [6.45, 7) is 0. The van der Waals surface area contributed by atoms with Gasteiger partial charge in [-0.15, -0.1) is 0 Å². The van der Waals surface area contributed by atoms with Crippen molar-refractivity contribution in [1.82, 2.24) is 0 Å². The van der Waals surface area contributed by atoms with E-state index in [1.165, 1.54) is 0 Å². The molecule has 0 rings (SSSR count). The van der Waals surface area contributed by atoms with E-state index < -0.39 is 6.04 Å². The van der Waals surface area contributed by atoms with Gasteiger partial charge in [-0.3, -0.25) is 0 Å². The van der Waals surface area contributed by atoms with Crippen LogP contribution in [0.5, 0.6) is 0 Å². The molecule has 34 valence electrons. The van der Waals surface area contributed by atoms with E-state index in [1.54, 1.807) is 0 Å². The first-order chi connectivity index (χ1) is 2.81. The molecule has 0 aromatic rings. The fourth-order valence-electron chi connectivity index (χ4n) is 0.0408. The van der Waals surface area contributed by atoms with Crippen molar-refractivity contribution in [3.8, 4) is 6.07 Å². The molecule has 0 saturated carbocycles. The summed E-state index contributed by atoms with van der Waals surface area (Å²) in [7, 11) is 0. The Kier molecular flexibility index (Phi) is 2.91. The van der Waals surface area contributed by atoms with Crippen molar-refractivity contribution in [3.05, 3.63) is 0 Å². The number of nitrogens with zero attached hydrogens (tertiary/aromatic N) is 1. The van der Waals surface area contributed by atoms with Gasteiger partial charge in [0.25, 0.3) is 0 Å². The normalized spacial score (nSPS) is 12.8. The van der Waals surface area contributed by atoms with Crippen LogP contribution in [-0.4, -0.2) is 11.8 Å². The maximum absolute atomic E-state index is 7.91. The van der Waals surface area contributed by atoms with Crippen LogP contribution in [0.25, 0.3) is 0 Å². The zero-order chi connectivity index (χ0) is 4.99. The molecule has 0 radical (unpaired) electrons. The molecule has 0 bridgehead atoms. The van der Waals surface area contributed by atoms with Crippen LogP contribution in [0.4, 0.5) is 0 Å². The third-order valence-corrected chi connectivity index (χ3v) is 0.756. The molecule has 1 atom stereocenters. The number of thiol groups is 1. The Balaban J connectivity index is 3.04. The summed E-state index contributed by atoms with van der Waals surface area (Å²) in [6.07, 6.45) is 0. The van der Waals surface area contributed by atoms with Gasteiger partial charge in [-0.1, -0.05) is 0 Å². The minimum atomic E-state index is -0.395. The number of nitriles is 1. The second-order valence-corrected chi connectivity index (χ2v) is 1.28. The van der Waals surface area contributed by atoms with E-state index in [9.17, 15) is 0 Å². The second kappa shape index (κ2) is 3.01. The molecule has 3 heteroatoms. The van der Waals surface area contributed by atoms with Crippen molar-refractivity contribution < 1.29 is 0 Å². The summed E-state index contributed by atoms with van der Waals surface area (Å²) < 4.78 is 0. The van der Waals surface area contributed by atoms with Crippen LogP contribution < -0.4 is 5.73 Å². The summed E-state index contributed by atoms with van der Waals surface area (Å²) in [6, 6.07) is 1.42. The summed E-state index contributed by atoms with van der Waals surface area (Å²) in [5.41, 5.74) is 5.03. The molecule has 0 aliphatic carbocycles. The van der Waals surface area contributed by atoms with Crippen molar-refractivity contribution in [2.24, 2.45) is 5.73 Å². The number of rotatable bonds is 1. The summed E-state index contributed by atoms with van der Waals surface area (Å²) in [4.78, 5) is 0. The molecule has 0 aromatic heterocycles. The van der Waals surface area contributed by atoms with Gasteiger partial charge < -0.3 is 5.73 Å². The molecule has 0 amide bonds. The quantitative estimate of drug-likeness (QED) is 0.449. The molecule has 6 heavy (non-hydrogen) atoms. The SMILES string of the molecule is N#C[C@@H](N)CS. The highest BCUT2D eigenvalue weighted by Crippen LogP contribution is 1.75. The van der Waals surface area contributed by atoms with Crippen molar-refractivity contribution in [2.75, 3.05) is 5.75 Å². The lowest BCUT2D eigenvalue weighted by Crippen LogP contribution is -2.18. The lowest BCUT2D eigenvalue weighted by atomic mass is 10.4. The van der Waals surface area contributed by atoms with Crippen LogP contribution in [0.15, 0.2) is 0 Å². The molecular formula is C3H6N2S. The maximum Gasteiger partial charge on any atom is 0.102 e. The summed E-state index contributed by atoms with van der Waals surface area (Å²) in [5.74, 6) is 0.441. The first kappa shape index (κ1) is 5.80. The Hall–Kier alpha value is -0.200. The predicted molar refractivity (Wildman–Crippen MR) is 27.4 cm³/mol.